The first-order valence-corrected chi connectivity index (χ1v) is 13.5. The lowest BCUT2D eigenvalue weighted by Crippen LogP contribution is -2.44. The Morgan fingerprint density at radius 3 is 2.75 bits per heavy atom. The van der Waals surface area contributed by atoms with Gasteiger partial charge in [0.15, 0.2) is 26.4 Å². The van der Waals surface area contributed by atoms with Gasteiger partial charge in [0, 0.05) is 11.3 Å². The van der Waals surface area contributed by atoms with Gasteiger partial charge in [-0.1, -0.05) is 25.9 Å². The van der Waals surface area contributed by atoms with Crippen molar-refractivity contribution in [2.45, 2.75) is 83.9 Å². The van der Waals surface area contributed by atoms with Crippen molar-refractivity contribution in [1.82, 2.24) is 14.9 Å². The third-order valence-electron chi connectivity index (χ3n) is 5.99. The number of oxime groups is 1. The third-order valence-corrected chi connectivity index (χ3v) is 10.5. The average Bonchev–Trinajstić information content (AvgIpc) is 3.28. The van der Waals surface area contributed by atoms with Crippen LogP contribution < -0.4 is 10.6 Å². The molecule has 1 amide bonds. The Morgan fingerprint density at radius 2 is 2.12 bits per heavy atom. The summed E-state index contributed by atoms with van der Waals surface area (Å²) in [6.07, 6.45) is -0.0249. The second-order valence-corrected chi connectivity index (χ2v) is 14.5. The molecule has 2 unspecified atom stereocenters. The number of ether oxygens (including phenoxy) is 1. The molecule has 0 radical (unpaired) electrons. The molecular formula is C19H32N8O4Si. The first kappa shape index (κ1) is 24.0. The number of carbonyl (C=O) groups excluding carboxylic acids is 1. The van der Waals surface area contributed by atoms with Gasteiger partial charge in [-0.05, 0) is 42.6 Å². The zero-order valence-electron chi connectivity index (χ0n) is 19.6. The van der Waals surface area contributed by atoms with Crippen LogP contribution in [-0.4, -0.2) is 54.6 Å². The normalized spacial score (nSPS) is 25.3. The van der Waals surface area contributed by atoms with Gasteiger partial charge < -0.3 is 24.6 Å². The predicted octanol–water partition coefficient (Wildman–Crippen LogP) is 3.72. The van der Waals surface area contributed by atoms with Gasteiger partial charge in [-0.2, -0.15) is 0 Å². The molecule has 3 heterocycles. The van der Waals surface area contributed by atoms with Crippen LogP contribution in [0.2, 0.25) is 18.1 Å². The summed E-state index contributed by atoms with van der Waals surface area (Å²) in [6.45, 7) is 15.0. The van der Waals surface area contributed by atoms with Crippen LogP contribution in [0.5, 0.6) is 0 Å². The molecule has 2 aliphatic heterocycles. The maximum atomic E-state index is 12.3. The minimum atomic E-state index is -1.99. The summed E-state index contributed by atoms with van der Waals surface area (Å²) in [5.41, 5.74) is 9.73. The summed E-state index contributed by atoms with van der Waals surface area (Å²) in [4.78, 5) is 25.0. The first-order chi connectivity index (χ1) is 14.9. The van der Waals surface area contributed by atoms with Crippen molar-refractivity contribution in [1.29, 1.82) is 0 Å². The number of rotatable bonds is 7. The fourth-order valence-electron chi connectivity index (χ4n) is 3.17. The summed E-state index contributed by atoms with van der Waals surface area (Å²) < 4.78 is 14.4. The fourth-order valence-corrected chi connectivity index (χ4v) is 4.18. The van der Waals surface area contributed by atoms with E-state index in [0.717, 1.165) is 5.71 Å². The number of fused-ring (bicyclic) bond motifs is 1. The molecule has 32 heavy (non-hydrogen) atoms. The summed E-state index contributed by atoms with van der Waals surface area (Å²) in [5, 5.41) is 13.3. The van der Waals surface area contributed by atoms with Gasteiger partial charge in [-0.25, -0.2) is 4.98 Å². The Labute approximate surface area is 188 Å². The number of carbonyl (C=O) groups is 1. The third kappa shape index (κ3) is 5.06. The minimum absolute atomic E-state index is 0.0660. The highest BCUT2D eigenvalue weighted by Gasteiger charge is 2.43. The highest BCUT2D eigenvalue weighted by atomic mass is 28.4. The molecule has 0 saturated carbocycles. The molecule has 1 saturated heterocycles. The first-order valence-electron chi connectivity index (χ1n) is 10.6. The molecule has 0 aromatic carbocycles. The quantitative estimate of drug-likeness (QED) is 0.157. The predicted molar refractivity (Wildman–Crippen MR) is 122 cm³/mol. The van der Waals surface area contributed by atoms with Crippen molar-refractivity contribution in [3.63, 3.8) is 0 Å². The number of imidazole rings is 1. The molecule has 0 aliphatic carbocycles. The van der Waals surface area contributed by atoms with Gasteiger partial charge in [0.25, 0.3) is 5.91 Å². The number of azide groups is 1. The SMILES string of the molecule is CC(C)=NOC1C[C@H](n2cnc3c2NC(N=[N+]=[N-])NC3=O)O[C@@H]1CO[Si](C)(C)C(C)(C)C. The van der Waals surface area contributed by atoms with E-state index >= 15 is 0 Å². The van der Waals surface area contributed by atoms with Crippen molar-refractivity contribution >= 4 is 25.8 Å². The van der Waals surface area contributed by atoms with E-state index in [1.807, 2.05) is 13.8 Å². The van der Waals surface area contributed by atoms with E-state index in [0.29, 0.717) is 18.8 Å². The van der Waals surface area contributed by atoms with Crippen molar-refractivity contribution in [3.05, 3.63) is 22.5 Å². The van der Waals surface area contributed by atoms with Crippen molar-refractivity contribution in [3.8, 4) is 0 Å². The number of nitrogens with zero attached hydrogens (tertiary/aromatic N) is 6. The number of aromatic nitrogens is 2. The topological polar surface area (TPSA) is 148 Å². The van der Waals surface area contributed by atoms with Crippen LogP contribution in [0.15, 0.2) is 16.6 Å². The monoisotopic (exact) mass is 464 g/mol. The smallest absolute Gasteiger partial charge is 0.275 e. The molecule has 1 fully saturated rings. The van der Waals surface area contributed by atoms with Crippen LogP contribution in [-0.2, 0) is 14.0 Å². The molecule has 0 spiro atoms. The van der Waals surface area contributed by atoms with Crippen molar-refractivity contribution in [2.24, 2.45) is 10.3 Å². The van der Waals surface area contributed by atoms with E-state index < -0.39 is 26.7 Å². The molecule has 2 N–H and O–H groups in total. The zero-order chi connectivity index (χ0) is 23.7. The largest absolute Gasteiger partial charge is 0.414 e. The minimum Gasteiger partial charge on any atom is -0.414 e. The second-order valence-electron chi connectivity index (χ2n) is 9.69. The van der Waals surface area contributed by atoms with Crippen LogP contribution in [0, 0.1) is 0 Å². The van der Waals surface area contributed by atoms with Crippen LogP contribution >= 0.6 is 0 Å². The number of hydrogen-bond donors (Lipinski definition) is 2. The van der Waals surface area contributed by atoms with Gasteiger partial charge in [0.1, 0.15) is 18.1 Å². The molecule has 13 heteroatoms. The number of nitrogens with one attached hydrogen (secondary N) is 2. The Kier molecular flexibility index (Phi) is 6.84. The van der Waals surface area contributed by atoms with Crippen LogP contribution in [0.1, 0.15) is 57.8 Å². The van der Waals surface area contributed by atoms with E-state index in [-0.39, 0.29) is 22.9 Å². The standard InChI is InChI=1S/C19H32N8O4Si/c1-11(2)25-31-12-8-14(30-13(12)9-29-32(6,7)19(3,4)5)27-10-21-15-16(27)22-18(24-26-20)23-17(15)28/h10,12-14,18,22H,8-9H2,1-7H3,(H,23,28)/t12?,13-,14-,18?/m1/s1. The van der Waals surface area contributed by atoms with Gasteiger partial charge in [0.05, 0.1) is 18.6 Å². The van der Waals surface area contributed by atoms with E-state index in [1.165, 1.54) is 6.33 Å². The summed E-state index contributed by atoms with van der Waals surface area (Å²) in [7, 11) is -1.99. The molecule has 1 aromatic heterocycles. The van der Waals surface area contributed by atoms with Crippen LogP contribution in [0.3, 0.4) is 0 Å². The lowest BCUT2D eigenvalue weighted by molar-refractivity contribution is -0.0576. The zero-order valence-corrected chi connectivity index (χ0v) is 20.6. The molecule has 1 aromatic rings. The summed E-state index contributed by atoms with van der Waals surface area (Å²) >= 11 is 0. The second kappa shape index (κ2) is 9.10. The summed E-state index contributed by atoms with van der Waals surface area (Å²) in [5.74, 6) is 0.000697. The van der Waals surface area contributed by atoms with Gasteiger partial charge in [-0.3, -0.25) is 9.36 Å². The van der Waals surface area contributed by atoms with E-state index in [4.69, 9.17) is 19.5 Å². The Balaban J connectivity index is 1.81. The highest BCUT2D eigenvalue weighted by Crippen LogP contribution is 2.39. The molecule has 3 rings (SSSR count). The van der Waals surface area contributed by atoms with E-state index in [9.17, 15) is 4.79 Å². The lowest BCUT2D eigenvalue weighted by atomic mass is 10.2. The Hall–Kier alpha value is -2.60. The van der Waals surface area contributed by atoms with Crippen molar-refractivity contribution < 1.29 is 18.8 Å². The Bertz CT molecular complexity index is 930. The lowest BCUT2D eigenvalue weighted by Gasteiger charge is -2.37. The van der Waals surface area contributed by atoms with Crippen LogP contribution in [0.4, 0.5) is 5.82 Å². The number of hydrogen-bond acceptors (Lipinski definition) is 8. The molecule has 12 nitrogen and oxygen atoms in total. The van der Waals surface area contributed by atoms with Gasteiger partial charge in [-0.15, -0.1) is 0 Å². The fraction of sp³-hybridized carbons (Fsp3) is 0.737. The maximum Gasteiger partial charge on any atom is 0.275 e. The molecule has 176 valence electrons. The molecular weight excluding hydrogens is 432 g/mol. The molecule has 4 atom stereocenters. The Morgan fingerprint density at radius 1 is 1.41 bits per heavy atom. The van der Waals surface area contributed by atoms with E-state index in [1.54, 1.807) is 4.57 Å². The van der Waals surface area contributed by atoms with E-state index in [2.05, 4.69) is 64.7 Å². The average molecular weight is 465 g/mol. The van der Waals surface area contributed by atoms with Crippen LogP contribution in [0.25, 0.3) is 10.4 Å². The molecule has 2 aliphatic rings. The van der Waals surface area contributed by atoms with Gasteiger partial charge in [0.2, 0.25) is 0 Å². The van der Waals surface area contributed by atoms with Crippen molar-refractivity contribution in [2.75, 3.05) is 11.9 Å². The highest BCUT2D eigenvalue weighted by molar-refractivity contribution is 6.74. The number of amides is 1. The maximum absolute atomic E-state index is 12.3. The number of anilines is 1. The van der Waals surface area contributed by atoms with Gasteiger partial charge >= 0.3 is 0 Å². The summed E-state index contributed by atoms with van der Waals surface area (Å²) in [6, 6.07) is 0. The molecule has 0 bridgehead atoms.